The van der Waals surface area contributed by atoms with Crippen LogP contribution in [0.4, 0.5) is 4.39 Å². The molecule has 174 valence electrons. The van der Waals surface area contributed by atoms with Crippen LogP contribution < -0.4 is 20.3 Å². The summed E-state index contributed by atoms with van der Waals surface area (Å²) >= 11 is 0. The fourth-order valence-electron chi connectivity index (χ4n) is 2.97. The number of amides is 1. The lowest BCUT2D eigenvalue weighted by Crippen LogP contribution is -2.28. The minimum atomic E-state index is -0.427. The van der Waals surface area contributed by atoms with Crippen molar-refractivity contribution in [2.24, 2.45) is 0 Å². The molecule has 0 radical (unpaired) electrons. The number of benzene rings is 2. The maximum atomic E-state index is 13.8. The van der Waals surface area contributed by atoms with Gasteiger partial charge < -0.3 is 24.5 Å². The first-order chi connectivity index (χ1) is 16.0. The van der Waals surface area contributed by atoms with Crippen molar-refractivity contribution < 1.29 is 23.4 Å². The summed E-state index contributed by atoms with van der Waals surface area (Å²) in [4.78, 5) is 26.9. The lowest BCUT2D eigenvalue weighted by atomic mass is 10.2. The van der Waals surface area contributed by atoms with Crippen LogP contribution in [0, 0.1) is 5.82 Å². The van der Waals surface area contributed by atoms with E-state index in [1.807, 2.05) is 0 Å². The molecular weight excluding hydrogens is 431 g/mol. The summed E-state index contributed by atoms with van der Waals surface area (Å²) in [7, 11) is 3.02. The van der Waals surface area contributed by atoms with Gasteiger partial charge in [0.1, 0.15) is 18.1 Å². The molecule has 0 aliphatic carbocycles. The molecule has 0 fully saturated rings. The van der Waals surface area contributed by atoms with E-state index in [2.05, 4.69) is 20.5 Å². The van der Waals surface area contributed by atoms with Crippen molar-refractivity contribution in [2.75, 3.05) is 27.4 Å². The summed E-state index contributed by atoms with van der Waals surface area (Å²) < 4.78 is 29.8. The normalized spacial score (nSPS) is 10.6. The number of carbonyl (C=O) groups excluding carboxylic acids is 1. The monoisotopic (exact) mass is 456 g/mol. The maximum absolute atomic E-state index is 13.8. The molecule has 33 heavy (non-hydrogen) atoms. The highest BCUT2D eigenvalue weighted by Gasteiger charge is 2.13. The van der Waals surface area contributed by atoms with Crippen LogP contribution in [0.25, 0.3) is 11.4 Å². The predicted molar refractivity (Wildman–Crippen MR) is 119 cm³/mol. The Balaban J connectivity index is 1.67. The topological polar surface area (TPSA) is 115 Å². The smallest absolute Gasteiger partial charge is 0.273 e. The van der Waals surface area contributed by atoms with Gasteiger partial charge in [-0.25, -0.2) is 4.39 Å². The van der Waals surface area contributed by atoms with Gasteiger partial charge in [-0.05, 0) is 24.3 Å². The van der Waals surface area contributed by atoms with Crippen LogP contribution in [0.2, 0.25) is 0 Å². The van der Waals surface area contributed by atoms with Gasteiger partial charge in [0.05, 0.1) is 13.7 Å². The Morgan fingerprint density at radius 3 is 2.67 bits per heavy atom. The van der Waals surface area contributed by atoms with E-state index in [0.717, 1.165) is 0 Å². The van der Waals surface area contributed by atoms with Crippen molar-refractivity contribution in [3.05, 3.63) is 69.9 Å². The summed E-state index contributed by atoms with van der Waals surface area (Å²) in [5.41, 5.74) is 0.710. The summed E-state index contributed by atoms with van der Waals surface area (Å²) in [6.45, 7) is 0.849. The second kappa shape index (κ2) is 11.7. The number of H-pyrrole nitrogens is 1. The number of ether oxygens (including phenoxy) is 3. The summed E-state index contributed by atoms with van der Waals surface area (Å²) in [6, 6.07) is 11.3. The Kier molecular flexibility index (Phi) is 8.48. The van der Waals surface area contributed by atoms with Gasteiger partial charge in [-0.3, -0.25) is 9.59 Å². The third-order valence-corrected chi connectivity index (χ3v) is 4.76. The van der Waals surface area contributed by atoms with E-state index in [4.69, 9.17) is 14.2 Å². The Morgan fingerprint density at radius 1 is 1.12 bits per heavy atom. The van der Waals surface area contributed by atoms with Crippen molar-refractivity contribution in [1.82, 2.24) is 20.5 Å². The molecule has 2 aromatic carbocycles. The molecule has 2 N–H and O–H groups in total. The zero-order chi connectivity index (χ0) is 23.6. The number of hydrogen-bond donors (Lipinski definition) is 2. The van der Waals surface area contributed by atoms with Gasteiger partial charge in [0.15, 0.2) is 17.3 Å². The molecule has 0 saturated heterocycles. The third-order valence-electron chi connectivity index (χ3n) is 4.76. The molecule has 0 aliphatic rings. The molecule has 1 aromatic heterocycles. The average molecular weight is 456 g/mol. The molecule has 0 atom stereocenters. The van der Waals surface area contributed by atoms with Crippen molar-refractivity contribution in [1.29, 1.82) is 0 Å². The van der Waals surface area contributed by atoms with Gasteiger partial charge in [-0.1, -0.05) is 18.2 Å². The van der Waals surface area contributed by atoms with E-state index < -0.39 is 5.56 Å². The third kappa shape index (κ3) is 6.59. The number of nitrogens with zero attached hydrogens (tertiary/aromatic N) is 2. The van der Waals surface area contributed by atoms with Gasteiger partial charge in [-0.2, -0.15) is 0 Å². The van der Waals surface area contributed by atoms with Crippen LogP contribution in [0.1, 0.15) is 17.7 Å². The zero-order valence-corrected chi connectivity index (χ0v) is 18.4. The van der Waals surface area contributed by atoms with Crippen LogP contribution in [-0.4, -0.2) is 48.5 Å². The van der Waals surface area contributed by atoms with Gasteiger partial charge in [-0.15, -0.1) is 10.2 Å². The first-order valence-electron chi connectivity index (χ1n) is 10.3. The number of carbonyl (C=O) groups is 1. The molecule has 0 spiro atoms. The molecule has 9 nitrogen and oxygen atoms in total. The SMILES string of the molecule is COCCNC(=O)CCc1nnc(-c2ccc(OCc3ccccc3F)c(OC)c2)[nH]c1=O. The fourth-order valence-corrected chi connectivity index (χ4v) is 2.97. The minimum Gasteiger partial charge on any atom is -0.493 e. The second-order valence-corrected chi connectivity index (χ2v) is 7.04. The van der Waals surface area contributed by atoms with Gasteiger partial charge in [0, 0.05) is 37.6 Å². The molecular formula is C23H25FN4O5. The lowest BCUT2D eigenvalue weighted by molar-refractivity contribution is -0.121. The quantitative estimate of drug-likeness (QED) is 0.425. The molecule has 3 aromatic rings. The molecule has 0 saturated carbocycles. The number of methoxy groups -OCH3 is 2. The van der Waals surface area contributed by atoms with Crippen LogP contribution in [0.15, 0.2) is 47.3 Å². The molecule has 1 amide bonds. The van der Waals surface area contributed by atoms with Crippen molar-refractivity contribution >= 4 is 5.91 Å². The van der Waals surface area contributed by atoms with Crippen molar-refractivity contribution in [2.45, 2.75) is 19.4 Å². The van der Waals surface area contributed by atoms with Gasteiger partial charge >= 0.3 is 0 Å². The Morgan fingerprint density at radius 2 is 1.94 bits per heavy atom. The van der Waals surface area contributed by atoms with Crippen LogP contribution in [-0.2, 0) is 22.6 Å². The fraction of sp³-hybridized carbons (Fsp3) is 0.304. The highest BCUT2D eigenvalue weighted by atomic mass is 19.1. The molecule has 1 heterocycles. The molecule has 0 bridgehead atoms. The molecule has 3 rings (SSSR count). The Hall–Kier alpha value is -3.79. The summed E-state index contributed by atoms with van der Waals surface area (Å²) in [6.07, 6.45) is 0.274. The van der Waals surface area contributed by atoms with Crippen LogP contribution in [0.5, 0.6) is 11.5 Å². The number of halogens is 1. The van der Waals surface area contributed by atoms with Gasteiger partial charge in [0.25, 0.3) is 5.56 Å². The van der Waals surface area contributed by atoms with Crippen molar-refractivity contribution in [3.8, 4) is 22.9 Å². The van der Waals surface area contributed by atoms with E-state index in [1.54, 1.807) is 43.5 Å². The maximum Gasteiger partial charge on any atom is 0.273 e. The van der Waals surface area contributed by atoms with Crippen molar-refractivity contribution in [3.63, 3.8) is 0 Å². The van der Waals surface area contributed by atoms with Crippen LogP contribution in [0.3, 0.4) is 0 Å². The summed E-state index contributed by atoms with van der Waals surface area (Å²) in [5, 5.41) is 10.7. The zero-order valence-electron chi connectivity index (χ0n) is 18.4. The molecule has 0 unspecified atom stereocenters. The number of aryl methyl sites for hydroxylation is 1. The highest BCUT2D eigenvalue weighted by Crippen LogP contribution is 2.31. The first-order valence-corrected chi connectivity index (χ1v) is 10.3. The number of rotatable bonds is 11. The van der Waals surface area contributed by atoms with E-state index in [9.17, 15) is 14.0 Å². The van der Waals surface area contributed by atoms with E-state index in [-0.39, 0.29) is 42.7 Å². The number of aromatic amines is 1. The Labute approximate surface area is 189 Å². The largest absolute Gasteiger partial charge is 0.493 e. The molecule has 10 heteroatoms. The lowest BCUT2D eigenvalue weighted by Gasteiger charge is -2.12. The van der Waals surface area contributed by atoms with E-state index in [0.29, 0.717) is 35.8 Å². The average Bonchev–Trinajstić information content (AvgIpc) is 2.83. The number of hydrogen-bond acceptors (Lipinski definition) is 7. The first kappa shape index (κ1) is 23.9. The van der Waals surface area contributed by atoms with Crippen LogP contribution >= 0.6 is 0 Å². The standard InChI is InChI=1S/C23H25FN4O5/c1-31-12-11-25-21(29)10-8-18-23(30)26-22(28-27-18)15-7-9-19(20(13-15)32-2)33-14-16-5-3-4-6-17(16)24/h3-7,9,13H,8,10-12,14H2,1-2H3,(H,25,29)(H,26,28,30). The number of nitrogens with one attached hydrogen (secondary N) is 2. The van der Waals surface area contributed by atoms with Gasteiger partial charge in [0.2, 0.25) is 5.91 Å². The summed E-state index contributed by atoms with van der Waals surface area (Å²) in [5.74, 6) is 0.493. The number of aromatic nitrogens is 3. The Bertz CT molecular complexity index is 1150. The predicted octanol–water partition coefficient (Wildman–Crippen LogP) is 2.25. The van der Waals surface area contributed by atoms with E-state index >= 15 is 0 Å². The second-order valence-electron chi connectivity index (χ2n) is 7.04. The minimum absolute atomic E-state index is 0.0345. The highest BCUT2D eigenvalue weighted by molar-refractivity contribution is 5.76. The molecule has 0 aliphatic heterocycles. The van der Waals surface area contributed by atoms with E-state index in [1.165, 1.54) is 13.2 Å².